The summed E-state index contributed by atoms with van der Waals surface area (Å²) in [5, 5.41) is 0. The molecule has 1 aliphatic carbocycles. The molecule has 1 fully saturated rings. The van der Waals surface area contributed by atoms with Crippen LogP contribution in [0.2, 0.25) is 0 Å². The Labute approximate surface area is 119 Å². The molecule has 0 bridgehead atoms. The molecule has 0 aliphatic heterocycles. The van der Waals surface area contributed by atoms with Gasteiger partial charge in [0.15, 0.2) is 0 Å². The summed E-state index contributed by atoms with van der Waals surface area (Å²) in [5.74, 6) is 0.363. The summed E-state index contributed by atoms with van der Waals surface area (Å²) in [6.45, 7) is 2.76. The number of halogens is 1. The molecule has 2 atom stereocenters. The summed E-state index contributed by atoms with van der Waals surface area (Å²) in [6, 6.07) is 4.81. The summed E-state index contributed by atoms with van der Waals surface area (Å²) >= 11 is 4.83. The molecule has 1 aromatic carbocycles. The zero-order valence-corrected chi connectivity index (χ0v) is 12.0. The summed E-state index contributed by atoms with van der Waals surface area (Å²) in [4.78, 5) is 0.0886. The van der Waals surface area contributed by atoms with Gasteiger partial charge in [0.2, 0.25) is 0 Å². The van der Waals surface area contributed by atoms with Crippen molar-refractivity contribution in [3.8, 4) is 0 Å². The predicted octanol–water partition coefficient (Wildman–Crippen LogP) is 3.56. The first-order valence-electron chi connectivity index (χ1n) is 6.76. The Morgan fingerprint density at radius 2 is 2.26 bits per heavy atom. The molecule has 0 radical (unpaired) electrons. The Morgan fingerprint density at radius 3 is 2.95 bits per heavy atom. The molecule has 2 rings (SSSR count). The standard InChI is InChI=1S/C15H20FNOS/c1-10-3-2-4-12(7-10)18-9-11-5-6-14(16)13(8-11)15(17)19/h5-6,8,10,12H,2-4,7,9H2,1H3,(H2,17,19). The molecule has 0 saturated heterocycles. The first-order valence-corrected chi connectivity index (χ1v) is 7.17. The normalized spacial score (nSPS) is 23.3. The molecule has 0 spiro atoms. The van der Waals surface area contributed by atoms with Crippen LogP contribution in [-0.4, -0.2) is 11.1 Å². The number of ether oxygens (including phenoxy) is 1. The van der Waals surface area contributed by atoms with Crippen molar-refractivity contribution >= 4 is 17.2 Å². The van der Waals surface area contributed by atoms with Crippen LogP contribution in [0.5, 0.6) is 0 Å². The maximum Gasteiger partial charge on any atom is 0.133 e. The van der Waals surface area contributed by atoms with E-state index in [1.165, 1.54) is 18.9 Å². The zero-order chi connectivity index (χ0) is 13.8. The minimum absolute atomic E-state index is 0.0886. The first kappa shape index (κ1) is 14.4. The lowest BCUT2D eigenvalue weighted by Crippen LogP contribution is -2.21. The molecule has 4 heteroatoms. The second-order valence-electron chi connectivity index (χ2n) is 5.38. The van der Waals surface area contributed by atoms with E-state index in [1.807, 2.05) is 0 Å². The zero-order valence-electron chi connectivity index (χ0n) is 11.2. The fourth-order valence-electron chi connectivity index (χ4n) is 2.59. The summed E-state index contributed by atoms with van der Waals surface area (Å²) < 4.78 is 19.4. The van der Waals surface area contributed by atoms with Crippen LogP contribution >= 0.6 is 12.2 Å². The Morgan fingerprint density at radius 1 is 1.47 bits per heavy atom. The number of thiocarbonyl (C=S) groups is 1. The number of benzene rings is 1. The third-order valence-electron chi connectivity index (χ3n) is 3.67. The highest BCUT2D eigenvalue weighted by Gasteiger charge is 2.19. The van der Waals surface area contributed by atoms with E-state index in [9.17, 15) is 4.39 Å². The van der Waals surface area contributed by atoms with E-state index in [2.05, 4.69) is 6.92 Å². The number of nitrogens with two attached hydrogens (primary N) is 1. The lowest BCUT2D eigenvalue weighted by atomic mass is 9.89. The fourth-order valence-corrected chi connectivity index (χ4v) is 2.75. The van der Waals surface area contributed by atoms with E-state index in [0.717, 1.165) is 24.3 Å². The first-order chi connectivity index (χ1) is 9.06. The van der Waals surface area contributed by atoms with Gasteiger partial charge in [0, 0.05) is 5.56 Å². The monoisotopic (exact) mass is 281 g/mol. The molecule has 1 aromatic rings. The summed E-state index contributed by atoms with van der Waals surface area (Å²) in [7, 11) is 0. The van der Waals surface area contributed by atoms with Gasteiger partial charge < -0.3 is 10.5 Å². The molecule has 104 valence electrons. The number of rotatable bonds is 4. The second-order valence-corrected chi connectivity index (χ2v) is 5.82. The molecule has 2 unspecified atom stereocenters. The van der Waals surface area contributed by atoms with Gasteiger partial charge in [-0.3, -0.25) is 0 Å². The third-order valence-corrected chi connectivity index (χ3v) is 3.89. The van der Waals surface area contributed by atoms with Gasteiger partial charge in [0.25, 0.3) is 0 Å². The average molecular weight is 281 g/mol. The Kier molecular flexibility index (Phi) is 4.88. The smallest absolute Gasteiger partial charge is 0.133 e. The maximum absolute atomic E-state index is 13.5. The maximum atomic E-state index is 13.5. The van der Waals surface area contributed by atoms with Gasteiger partial charge in [0.05, 0.1) is 12.7 Å². The van der Waals surface area contributed by atoms with Crippen LogP contribution in [0, 0.1) is 11.7 Å². The van der Waals surface area contributed by atoms with Crippen LogP contribution in [0.3, 0.4) is 0 Å². The van der Waals surface area contributed by atoms with Crippen molar-refractivity contribution < 1.29 is 9.13 Å². The van der Waals surface area contributed by atoms with Crippen molar-refractivity contribution in [1.29, 1.82) is 0 Å². The Hall–Kier alpha value is -1.00. The quantitative estimate of drug-likeness (QED) is 0.857. The fraction of sp³-hybridized carbons (Fsp3) is 0.533. The van der Waals surface area contributed by atoms with Gasteiger partial charge in [-0.15, -0.1) is 0 Å². The average Bonchev–Trinajstić information content (AvgIpc) is 2.37. The highest BCUT2D eigenvalue weighted by atomic mass is 32.1. The van der Waals surface area contributed by atoms with Crippen molar-refractivity contribution in [3.05, 3.63) is 35.1 Å². The number of hydrogen-bond acceptors (Lipinski definition) is 2. The van der Waals surface area contributed by atoms with Gasteiger partial charge in [-0.2, -0.15) is 0 Å². The van der Waals surface area contributed by atoms with Crippen molar-refractivity contribution in [3.63, 3.8) is 0 Å². The minimum atomic E-state index is -0.373. The Balaban J connectivity index is 1.96. The summed E-state index contributed by atoms with van der Waals surface area (Å²) in [6.07, 6.45) is 5.08. The van der Waals surface area contributed by atoms with Crippen molar-refractivity contribution in [2.75, 3.05) is 0 Å². The van der Waals surface area contributed by atoms with E-state index in [0.29, 0.717) is 18.3 Å². The van der Waals surface area contributed by atoms with Gasteiger partial charge in [0.1, 0.15) is 10.8 Å². The molecular formula is C15H20FNOS. The van der Waals surface area contributed by atoms with E-state index in [-0.39, 0.29) is 10.8 Å². The predicted molar refractivity (Wildman–Crippen MR) is 78.5 cm³/mol. The van der Waals surface area contributed by atoms with Crippen LogP contribution in [0.1, 0.15) is 43.7 Å². The van der Waals surface area contributed by atoms with Crippen molar-refractivity contribution in [2.45, 2.75) is 45.3 Å². The molecule has 1 saturated carbocycles. The number of hydrogen-bond donors (Lipinski definition) is 1. The lowest BCUT2D eigenvalue weighted by molar-refractivity contribution is 0.00465. The molecule has 2 nitrogen and oxygen atoms in total. The highest BCUT2D eigenvalue weighted by molar-refractivity contribution is 7.80. The second kappa shape index (κ2) is 6.44. The van der Waals surface area contributed by atoms with Gasteiger partial charge in [-0.05, 0) is 36.5 Å². The van der Waals surface area contributed by atoms with Gasteiger partial charge >= 0.3 is 0 Å². The van der Waals surface area contributed by atoms with Crippen LogP contribution in [-0.2, 0) is 11.3 Å². The van der Waals surface area contributed by atoms with E-state index in [1.54, 1.807) is 12.1 Å². The molecule has 0 amide bonds. The van der Waals surface area contributed by atoms with Crippen molar-refractivity contribution in [1.82, 2.24) is 0 Å². The molecule has 19 heavy (non-hydrogen) atoms. The molecular weight excluding hydrogens is 261 g/mol. The SMILES string of the molecule is CC1CCCC(OCc2ccc(F)c(C(N)=S)c2)C1. The minimum Gasteiger partial charge on any atom is -0.389 e. The van der Waals surface area contributed by atoms with E-state index in [4.69, 9.17) is 22.7 Å². The van der Waals surface area contributed by atoms with Crippen LogP contribution in [0.25, 0.3) is 0 Å². The topological polar surface area (TPSA) is 35.2 Å². The van der Waals surface area contributed by atoms with E-state index < -0.39 is 0 Å². The van der Waals surface area contributed by atoms with Crippen LogP contribution < -0.4 is 5.73 Å². The van der Waals surface area contributed by atoms with Gasteiger partial charge in [-0.25, -0.2) is 4.39 Å². The highest BCUT2D eigenvalue weighted by Crippen LogP contribution is 2.26. The lowest BCUT2D eigenvalue weighted by Gasteiger charge is -2.26. The third kappa shape index (κ3) is 3.98. The van der Waals surface area contributed by atoms with Gasteiger partial charge in [-0.1, -0.05) is 38.0 Å². The van der Waals surface area contributed by atoms with E-state index >= 15 is 0 Å². The molecule has 2 N–H and O–H groups in total. The van der Waals surface area contributed by atoms with Crippen molar-refractivity contribution in [2.24, 2.45) is 11.7 Å². The largest absolute Gasteiger partial charge is 0.389 e. The molecule has 1 aliphatic rings. The Bertz CT molecular complexity index is 463. The van der Waals surface area contributed by atoms with Crippen LogP contribution in [0.15, 0.2) is 18.2 Å². The molecule has 0 aromatic heterocycles. The summed E-state index contributed by atoms with van der Waals surface area (Å²) in [5.41, 5.74) is 6.71. The molecule has 0 heterocycles. The van der Waals surface area contributed by atoms with Crippen LogP contribution in [0.4, 0.5) is 4.39 Å².